The Morgan fingerprint density at radius 1 is 1.48 bits per heavy atom. The summed E-state index contributed by atoms with van der Waals surface area (Å²) in [5, 5.41) is 2.74. The van der Waals surface area contributed by atoms with E-state index in [0.717, 1.165) is 12.5 Å². The van der Waals surface area contributed by atoms with Crippen molar-refractivity contribution in [1.29, 1.82) is 0 Å². The summed E-state index contributed by atoms with van der Waals surface area (Å²) in [6.07, 6.45) is -2.38. The summed E-state index contributed by atoms with van der Waals surface area (Å²) in [4.78, 5) is 7.56. The van der Waals surface area contributed by atoms with E-state index in [-0.39, 0.29) is 43.1 Å². The number of nitrogens with two attached hydrogens (primary N) is 1. The number of nitrogens with one attached hydrogen (secondary N) is 1. The summed E-state index contributed by atoms with van der Waals surface area (Å²) in [7, 11) is 0. The van der Waals surface area contributed by atoms with Crippen LogP contribution >= 0.6 is 24.0 Å². The highest BCUT2D eigenvalue weighted by Crippen LogP contribution is 2.34. The van der Waals surface area contributed by atoms with E-state index in [1.54, 1.807) is 0 Å². The molecule has 0 atom stereocenters. The van der Waals surface area contributed by atoms with Crippen molar-refractivity contribution in [2.45, 2.75) is 19.5 Å². The molecular weight excluding hydrogens is 400 g/mol. The van der Waals surface area contributed by atoms with Crippen LogP contribution in [0, 0.1) is 0 Å². The molecule has 5 nitrogen and oxygen atoms in total. The van der Waals surface area contributed by atoms with Crippen molar-refractivity contribution >= 4 is 29.9 Å². The minimum absolute atomic E-state index is 0. The van der Waals surface area contributed by atoms with Gasteiger partial charge in [-0.15, -0.1) is 24.0 Å². The van der Waals surface area contributed by atoms with Crippen molar-refractivity contribution in [3.63, 3.8) is 0 Å². The summed E-state index contributed by atoms with van der Waals surface area (Å²) < 4.78 is 43.0. The van der Waals surface area contributed by atoms with E-state index in [1.807, 2.05) is 6.92 Å². The van der Waals surface area contributed by atoms with Gasteiger partial charge in [-0.3, -0.25) is 4.99 Å². The van der Waals surface area contributed by atoms with Crippen molar-refractivity contribution in [2.24, 2.45) is 10.7 Å². The normalized spacial score (nSPS) is 11.7. The minimum atomic E-state index is -4.49. The van der Waals surface area contributed by atoms with E-state index in [2.05, 4.69) is 15.3 Å². The van der Waals surface area contributed by atoms with E-state index in [0.29, 0.717) is 6.54 Å². The average molecular weight is 418 g/mol. The first kappa shape index (κ1) is 19.7. The standard InChI is InChI=1S/C12H17F3N4O.HI/c1-2-5-18-11(16)19-7-8-20-10-9(12(13,14)15)4-3-6-17-10;/h3-4,6H,2,5,7-8H2,1H3,(H3,16,18,19);1H. The fourth-order valence-electron chi connectivity index (χ4n) is 1.34. The lowest BCUT2D eigenvalue weighted by Crippen LogP contribution is -2.35. The maximum atomic E-state index is 12.7. The first-order valence-corrected chi connectivity index (χ1v) is 6.14. The predicted octanol–water partition coefficient (Wildman–Crippen LogP) is 2.41. The zero-order chi connectivity index (χ0) is 15.0. The van der Waals surface area contributed by atoms with Gasteiger partial charge in [-0.05, 0) is 18.6 Å². The Balaban J connectivity index is 0.00000400. The molecule has 0 unspecified atom stereocenters. The average Bonchev–Trinajstić information content (AvgIpc) is 2.40. The van der Waals surface area contributed by atoms with Gasteiger partial charge in [-0.2, -0.15) is 13.2 Å². The SMILES string of the molecule is CCCN=C(N)NCCOc1ncccc1C(F)(F)F.I. The number of hydrogen-bond acceptors (Lipinski definition) is 3. The lowest BCUT2D eigenvalue weighted by Gasteiger charge is -2.12. The molecule has 1 rings (SSSR count). The zero-order valence-corrected chi connectivity index (χ0v) is 13.8. The molecule has 0 aliphatic rings. The monoisotopic (exact) mass is 418 g/mol. The first-order valence-electron chi connectivity index (χ1n) is 6.14. The van der Waals surface area contributed by atoms with Crippen molar-refractivity contribution < 1.29 is 17.9 Å². The molecule has 0 aromatic carbocycles. The fraction of sp³-hybridized carbons (Fsp3) is 0.500. The second-order valence-electron chi connectivity index (χ2n) is 3.90. The summed E-state index contributed by atoms with van der Waals surface area (Å²) in [6.45, 7) is 2.80. The summed E-state index contributed by atoms with van der Waals surface area (Å²) in [5.74, 6) is -0.196. The number of rotatable bonds is 6. The molecule has 0 spiro atoms. The van der Waals surface area contributed by atoms with Crippen LogP contribution in [0.2, 0.25) is 0 Å². The third-order valence-electron chi connectivity index (χ3n) is 2.23. The third kappa shape index (κ3) is 7.34. The first-order chi connectivity index (χ1) is 9.45. The number of hydrogen-bond donors (Lipinski definition) is 2. The number of pyridine rings is 1. The van der Waals surface area contributed by atoms with E-state index in [1.165, 1.54) is 12.3 Å². The van der Waals surface area contributed by atoms with Crippen LogP contribution in [-0.2, 0) is 6.18 Å². The molecule has 1 aromatic heterocycles. The van der Waals surface area contributed by atoms with Gasteiger partial charge in [0.1, 0.15) is 12.2 Å². The Morgan fingerprint density at radius 2 is 2.19 bits per heavy atom. The van der Waals surface area contributed by atoms with Gasteiger partial charge in [0.05, 0.1) is 6.54 Å². The number of nitrogens with zero attached hydrogens (tertiary/aromatic N) is 2. The highest BCUT2D eigenvalue weighted by molar-refractivity contribution is 14.0. The molecule has 0 amide bonds. The van der Waals surface area contributed by atoms with Gasteiger partial charge >= 0.3 is 6.18 Å². The highest BCUT2D eigenvalue weighted by atomic mass is 127. The van der Waals surface area contributed by atoms with Gasteiger partial charge in [-0.1, -0.05) is 6.92 Å². The molecule has 3 N–H and O–H groups in total. The molecule has 0 saturated carbocycles. The molecule has 120 valence electrons. The Bertz CT molecular complexity index is 454. The maximum absolute atomic E-state index is 12.7. The van der Waals surface area contributed by atoms with E-state index in [9.17, 15) is 13.2 Å². The van der Waals surface area contributed by atoms with Crippen molar-refractivity contribution in [2.75, 3.05) is 19.7 Å². The smallest absolute Gasteiger partial charge is 0.421 e. The van der Waals surface area contributed by atoms with E-state index >= 15 is 0 Å². The topological polar surface area (TPSA) is 72.5 Å². The highest BCUT2D eigenvalue weighted by Gasteiger charge is 2.34. The van der Waals surface area contributed by atoms with Gasteiger partial charge in [0.15, 0.2) is 5.96 Å². The summed E-state index contributed by atoms with van der Waals surface area (Å²) in [5.41, 5.74) is 4.63. The molecular formula is C12H18F3IN4O. The third-order valence-corrected chi connectivity index (χ3v) is 2.23. The number of aliphatic imine (C=N–C) groups is 1. The lowest BCUT2D eigenvalue weighted by atomic mass is 10.2. The number of aromatic nitrogens is 1. The number of alkyl halides is 3. The molecule has 9 heteroatoms. The van der Waals surface area contributed by atoms with Crippen LogP contribution in [0.3, 0.4) is 0 Å². The van der Waals surface area contributed by atoms with E-state index < -0.39 is 17.6 Å². The van der Waals surface area contributed by atoms with Crippen LogP contribution < -0.4 is 15.8 Å². The molecule has 0 saturated heterocycles. The van der Waals surface area contributed by atoms with Crippen LogP contribution in [0.15, 0.2) is 23.3 Å². The zero-order valence-electron chi connectivity index (χ0n) is 11.5. The molecule has 0 bridgehead atoms. The number of ether oxygens (including phenoxy) is 1. The van der Waals surface area contributed by atoms with Gasteiger partial charge in [0.25, 0.3) is 0 Å². The van der Waals surface area contributed by atoms with Crippen molar-refractivity contribution in [3.05, 3.63) is 23.9 Å². The second kappa shape index (κ2) is 9.64. The number of halogens is 4. The summed E-state index contributed by atoms with van der Waals surface area (Å²) >= 11 is 0. The molecule has 0 aliphatic heterocycles. The van der Waals surface area contributed by atoms with Crippen LogP contribution in [0.5, 0.6) is 5.88 Å². The van der Waals surface area contributed by atoms with Crippen LogP contribution in [0.25, 0.3) is 0 Å². The maximum Gasteiger partial charge on any atom is 0.421 e. The Kier molecular flexibility index (Phi) is 9.06. The van der Waals surface area contributed by atoms with E-state index in [4.69, 9.17) is 10.5 Å². The van der Waals surface area contributed by atoms with Crippen molar-refractivity contribution in [3.8, 4) is 5.88 Å². The van der Waals surface area contributed by atoms with Gasteiger partial charge in [-0.25, -0.2) is 4.98 Å². The van der Waals surface area contributed by atoms with Crippen molar-refractivity contribution in [1.82, 2.24) is 10.3 Å². The van der Waals surface area contributed by atoms with Gasteiger partial charge in [0, 0.05) is 12.7 Å². The molecule has 1 heterocycles. The van der Waals surface area contributed by atoms with Crippen LogP contribution in [0.4, 0.5) is 13.2 Å². The molecule has 1 aromatic rings. The quantitative estimate of drug-likeness (QED) is 0.322. The fourth-order valence-corrected chi connectivity index (χ4v) is 1.34. The predicted molar refractivity (Wildman–Crippen MR) is 84.9 cm³/mol. The van der Waals surface area contributed by atoms with Crippen LogP contribution in [0.1, 0.15) is 18.9 Å². The number of guanidine groups is 1. The van der Waals surface area contributed by atoms with Crippen LogP contribution in [-0.4, -0.2) is 30.6 Å². The largest absolute Gasteiger partial charge is 0.475 e. The second-order valence-corrected chi connectivity index (χ2v) is 3.90. The van der Waals surface area contributed by atoms with Gasteiger partial charge in [0.2, 0.25) is 5.88 Å². The Labute approximate surface area is 138 Å². The molecule has 0 radical (unpaired) electrons. The molecule has 0 fully saturated rings. The minimum Gasteiger partial charge on any atom is -0.475 e. The lowest BCUT2D eigenvalue weighted by molar-refractivity contribution is -0.139. The van der Waals surface area contributed by atoms with Gasteiger partial charge < -0.3 is 15.8 Å². The Hall–Kier alpha value is -1.26. The molecule has 21 heavy (non-hydrogen) atoms. The molecule has 0 aliphatic carbocycles. The summed E-state index contributed by atoms with van der Waals surface area (Å²) in [6, 6.07) is 2.14. The Morgan fingerprint density at radius 3 is 2.81 bits per heavy atom.